The van der Waals surface area contributed by atoms with Crippen LogP contribution in [0.4, 0.5) is 5.69 Å². The molecule has 0 aliphatic carbocycles. The molecule has 0 aliphatic heterocycles. The molecule has 1 aromatic heterocycles. The number of amides is 1. The van der Waals surface area contributed by atoms with Gasteiger partial charge in [0.1, 0.15) is 5.75 Å². The number of hydrogen-bond acceptors (Lipinski definition) is 5. The second kappa shape index (κ2) is 9.14. The molecule has 7 heteroatoms. The average Bonchev–Trinajstić information content (AvgIpc) is 2.72. The summed E-state index contributed by atoms with van der Waals surface area (Å²) in [7, 11) is 3.20. The number of methoxy groups -OCH3 is 2. The van der Waals surface area contributed by atoms with Crippen LogP contribution in [0.5, 0.6) is 5.75 Å². The van der Waals surface area contributed by atoms with Gasteiger partial charge in [-0.25, -0.2) is 4.98 Å². The van der Waals surface area contributed by atoms with Gasteiger partial charge in [-0.05, 0) is 42.3 Å². The first-order chi connectivity index (χ1) is 13.6. The number of rotatable bonds is 8. The Bertz CT molecular complexity index is 1010. The van der Waals surface area contributed by atoms with Crippen molar-refractivity contribution in [2.75, 3.05) is 26.1 Å². The van der Waals surface area contributed by atoms with Crippen molar-refractivity contribution >= 4 is 22.5 Å². The van der Waals surface area contributed by atoms with Crippen molar-refractivity contribution in [2.45, 2.75) is 19.4 Å². The van der Waals surface area contributed by atoms with Crippen LogP contribution in [-0.4, -0.2) is 36.3 Å². The van der Waals surface area contributed by atoms with Gasteiger partial charge in [-0.15, -0.1) is 0 Å². The number of ether oxygens (including phenoxy) is 2. The van der Waals surface area contributed by atoms with Crippen LogP contribution >= 0.6 is 0 Å². The monoisotopic (exact) mass is 381 g/mol. The zero-order valence-electron chi connectivity index (χ0n) is 16.0. The lowest BCUT2D eigenvalue weighted by atomic mass is 10.1. The Morgan fingerprint density at radius 1 is 1.14 bits per heavy atom. The highest BCUT2D eigenvalue weighted by atomic mass is 16.5. The zero-order valence-corrected chi connectivity index (χ0v) is 16.0. The summed E-state index contributed by atoms with van der Waals surface area (Å²) >= 11 is 0. The highest BCUT2D eigenvalue weighted by Gasteiger charge is 2.08. The third kappa shape index (κ3) is 4.75. The second-order valence-corrected chi connectivity index (χ2v) is 6.36. The van der Waals surface area contributed by atoms with E-state index in [9.17, 15) is 9.59 Å². The molecule has 28 heavy (non-hydrogen) atoms. The van der Waals surface area contributed by atoms with Crippen molar-refractivity contribution in [3.63, 3.8) is 0 Å². The third-order valence-corrected chi connectivity index (χ3v) is 4.44. The van der Waals surface area contributed by atoms with E-state index in [0.717, 1.165) is 11.3 Å². The summed E-state index contributed by atoms with van der Waals surface area (Å²) in [5, 5.41) is 3.32. The molecule has 0 aliphatic rings. The topological polar surface area (TPSA) is 82.4 Å². The molecule has 146 valence electrons. The summed E-state index contributed by atoms with van der Waals surface area (Å²) in [6, 6.07) is 12.8. The van der Waals surface area contributed by atoms with Crippen molar-refractivity contribution in [1.82, 2.24) is 9.55 Å². The van der Waals surface area contributed by atoms with E-state index in [2.05, 4.69) is 10.3 Å². The highest BCUT2D eigenvalue weighted by molar-refractivity contribution is 5.93. The van der Waals surface area contributed by atoms with Gasteiger partial charge in [0.15, 0.2) is 0 Å². The number of aryl methyl sites for hydroxylation is 1. The molecule has 0 atom stereocenters. The molecule has 0 bridgehead atoms. The Balaban J connectivity index is 1.67. The molecule has 2 aromatic carbocycles. The van der Waals surface area contributed by atoms with E-state index in [1.165, 1.54) is 10.9 Å². The number of carbonyl (C=O) groups excluding carboxylic acids is 1. The van der Waals surface area contributed by atoms with Crippen LogP contribution in [0.3, 0.4) is 0 Å². The fraction of sp³-hybridized carbons (Fsp3) is 0.286. The Labute approximate surface area is 162 Å². The molecular weight excluding hydrogens is 358 g/mol. The van der Waals surface area contributed by atoms with Gasteiger partial charge in [0.25, 0.3) is 5.56 Å². The maximum atomic E-state index is 12.6. The summed E-state index contributed by atoms with van der Waals surface area (Å²) in [5.74, 6) is 0.674. The Hall–Kier alpha value is -3.19. The standard InChI is InChI=1S/C21H23N3O4/c1-27-12-11-24-14-22-19-9-6-16(13-18(19)21(24)26)23-20(25)10-5-15-3-7-17(28-2)8-4-15/h3-4,6-9,13-14H,5,10-12H2,1-2H3,(H,23,25). The molecule has 3 rings (SSSR count). The summed E-state index contributed by atoms with van der Waals surface area (Å²) in [6.45, 7) is 0.853. The first-order valence-electron chi connectivity index (χ1n) is 9.01. The summed E-state index contributed by atoms with van der Waals surface area (Å²) in [5.41, 5.74) is 2.07. The largest absolute Gasteiger partial charge is 0.497 e. The molecule has 0 spiro atoms. The molecule has 1 amide bonds. The number of carbonyl (C=O) groups is 1. The lowest BCUT2D eigenvalue weighted by Crippen LogP contribution is -2.22. The Kier molecular flexibility index (Phi) is 6.39. The molecule has 1 N–H and O–H groups in total. The molecule has 0 saturated carbocycles. The molecule has 0 radical (unpaired) electrons. The van der Waals surface area contributed by atoms with Crippen molar-refractivity contribution < 1.29 is 14.3 Å². The number of fused-ring (bicyclic) bond motifs is 1. The number of aromatic nitrogens is 2. The van der Waals surface area contributed by atoms with Crippen LogP contribution < -0.4 is 15.6 Å². The van der Waals surface area contributed by atoms with Gasteiger partial charge < -0.3 is 14.8 Å². The molecule has 0 fully saturated rings. The minimum absolute atomic E-state index is 0.112. The van der Waals surface area contributed by atoms with E-state index in [1.54, 1.807) is 32.4 Å². The van der Waals surface area contributed by atoms with Gasteiger partial charge in [-0.1, -0.05) is 12.1 Å². The fourth-order valence-corrected chi connectivity index (χ4v) is 2.86. The Morgan fingerprint density at radius 3 is 2.64 bits per heavy atom. The van der Waals surface area contributed by atoms with Gasteiger partial charge >= 0.3 is 0 Å². The van der Waals surface area contributed by atoms with E-state index < -0.39 is 0 Å². The van der Waals surface area contributed by atoms with Gasteiger partial charge in [0.05, 0.1) is 37.5 Å². The maximum absolute atomic E-state index is 12.6. The smallest absolute Gasteiger partial charge is 0.261 e. The Morgan fingerprint density at radius 2 is 1.93 bits per heavy atom. The average molecular weight is 381 g/mol. The summed E-state index contributed by atoms with van der Waals surface area (Å²) < 4.78 is 11.6. The quantitative estimate of drug-likeness (QED) is 0.649. The van der Waals surface area contributed by atoms with Crippen LogP contribution in [0.2, 0.25) is 0 Å². The van der Waals surface area contributed by atoms with Gasteiger partial charge in [0, 0.05) is 19.2 Å². The van der Waals surface area contributed by atoms with E-state index in [4.69, 9.17) is 9.47 Å². The van der Waals surface area contributed by atoms with Gasteiger partial charge in [-0.2, -0.15) is 0 Å². The van der Waals surface area contributed by atoms with Crippen molar-refractivity contribution in [3.8, 4) is 5.75 Å². The van der Waals surface area contributed by atoms with Crippen LogP contribution in [0.25, 0.3) is 10.9 Å². The van der Waals surface area contributed by atoms with Crippen molar-refractivity contribution in [2.24, 2.45) is 0 Å². The summed E-state index contributed by atoms with van der Waals surface area (Å²) in [6.07, 6.45) is 2.47. The lowest BCUT2D eigenvalue weighted by molar-refractivity contribution is -0.116. The normalized spacial score (nSPS) is 10.8. The van der Waals surface area contributed by atoms with Gasteiger partial charge in [-0.3, -0.25) is 14.2 Å². The molecule has 7 nitrogen and oxygen atoms in total. The second-order valence-electron chi connectivity index (χ2n) is 6.36. The van der Waals surface area contributed by atoms with Crippen LogP contribution in [0, 0.1) is 0 Å². The maximum Gasteiger partial charge on any atom is 0.261 e. The van der Waals surface area contributed by atoms with E-state index in [1.807, 2.05) is 24.3 Å². The van der Waals surface area contributed by atoms with E-state index in [-0.39, 0.29) is 11.5 Å². The molecule has 0 saturated heterocycles. The van der Waals surface area contributed by atoms with Crippen molar-refractivity contribution in [3.05, 3.63) is 64.7 Å². The predicted octanol–water partition coefficient (Wildman–Crippen LogP) is 2.62. The predicted molar refractivity (Wildman–Crippen MR) is 108 cm³/mol. The van der Waals surface area contributed by atoms with E-state index in [0.29, 0.717) is 42.6 Å². The van der Waals surface area contributed by atoms with Crippen molar-refractivity contribution in [1.29, 1.82) is 0 Å². The highest BCUT2D eigenvalue weighted by Crippen LogP contribution is 2.16. The molecule has 3 aromatic rings. The SMILES string of the molecule is COCCn1cnc2ccc(NC(=O)CCc3ccc(OC)cc3)cc2c1=O. The van der Waals surface area contributed by atoms with Crippen LogP contribution in [0.15, 0.2) is 53.6 Å². The zero-order chi connectivity index (χ0) is 19.9. The lowest BCUT2D eigenvalue weighted by Gasteiger charge is -2.09. The van der Waals surface area contributed by atoms with Crippen LogP contribution in [0.1, 0.15) is 12.0 Å². The first kappa shape index (κ1) is 19.6. The number of nitrogens with zero attached hydrogens (tertiary/aromatic N) is 2. The van der Waals surface area contributed by atoms with Gasteiger partial charge in [0.2, 0.25) is 5.91 Å². The third-order valence-electron chi connectivity index (χ3n) is 4.44. The molecular formula is C21H23N3O4. The number of hydrogen-bond donors (Lipinski definition) is 1. The first-order valence-corrected chi connectivity index (χ1v) is 9.01. The van der Waals surface area contributed by atoms with E-state index >= 15 is 0 Å². The summed E-state index contributed by atoms with van der Waals surface area (Å²) in [4.78, 5) is 29.2. The minimum atomic E-state index is -0.156. The van der Waals surface area contributed by atoms with Crippen LogP contribution in [-0.2, 0) is 22.5 Å². The number of nitrogens with one attached hydrogen (secondary N) is 1. The molecule has 1 heterocycles. The minimum Gasteiger partial charge on any atom is -0.497 e. The molecule has 0 unspecified atom stereocenters. The fourth-order valence-electron chi connectivity index (χ4n) is 2.86. The number of benzene rings is 2. The number of anilines is 1.